The van der Waals surface area contributed by atoms with Crippen molar-refractivity contribution in [3.05, 3.63) is 64.7 Å². The Hall–Kier alpha value is -2.62. The summed E-state index contributed by atoms with van der Waals surface area (Å²) < 4.78 is 5.46. The van der Waals surface area contributed by atoms with Gasteiger partial charge in [0.15, 0.2) is 6.61 Å². The second-order valence-corrected chi connectivity index (χ2v) is 6.15. The van der Waals surface area contributed by atoms with E-state index in [-0.39, 0.29) is 12.5 Å². The highest BCUT2D eigenvalue weighted by atomic mass is 16.5. The predicted molar refractivity (Wildman–Crippen MR) is 97.7 cm³/mol. The first-order chi connectivity index (χ1) is 11.5. The lowest BCUT2D eigenvalue weighted by Gasteiger charge is -2.07. The Morgan fingerprint density at radius 2 is 1.83 bits per heavy atom. The Balaban J connectivity index is 1.80. The zero-order chi connectivity index (χ0) is 17.5. The number of amides is 1. The first kappa shape index (κ1) is 17.7. The Morgan fingerprint density at radius 3 is 2.46 bits per heavy atom. The van der Waals surface area contributed by atoms with E-state index >= 15 is 0 Å². The SMILES string of the molecule is Cc1ccc(OCC(=O)NN=Cc2ccc(C(C)C)cc2)cc1C. The van der Waals surface area contributed by atoms with Crippen LogP contribution in [0.15, 0.2) is 47.6 Å². The van der Waals surface area contributed by atoms with Crippen molar-refractivity contribution in [2.45, 2.75) is 33.6 Å². The van der Waals surface area contributed by atoms with Crippen molar-refractivity contribution in [1.82, 2.24) is 5.43 Å². The van der Waals surface area contributed by atoms with Crippen LogP contribution in [0.2, 0.25) is 0 Å². The largest absolute Gasteiger partial charge is 0.484 e. The van der Waals surface area contributed by atoms with Crippen molar-refractivity contribution < 1.29 is 9.53 Å². The Morgan fingerprint density at radius 1 is 1.12 bits per heavy atom. The summed E-state index contributed by atoms with van der Waals surface area (Å²) in [5, 5.41) is 3.96. The van der Waals surface area contributed by atoms with Crippen LogP contribution in [0.1, 0.15) is 42.0 Å². The van der Waals surface area contributed by atoms with E-state index in [0.29, 0.717) is 11.7 Å². The normalized spacial score (nSPS) is 11.0. The van der Waals surface area contributed by atoms with Crippen LogP contribution in [0.5, 0.6) is 5.75 Å². The summed E-state index contributed by atoms with van der Waals surface area (Å²) in [5.74, 6) is 0.892. The van der Waals surface area contributed by atoms with E-state index in [4.69, 9.17) is 4.74 Å². The van der Waals surface area contributed by atoms with Crippen LogP contribution in [-0.2, 0) is 4.79 Å². The lowest BCUT2D eigenvalue weighted by molar-refractivity contribution is -0.123. The second kappa shape index (κ2) is 8.29. The second-order valence-electron chi connectivity index (χ2n) is 6.15. The van der Waals surface area contributed by atoms with E-state index in [0.717, 1.165) is 11.1 Å². The van der Waals surface area contributed by atoms with Crippen molar-refractivity contribution >= 4 is 12.1 Å². The molecule has 0 spiro atoms. The molecule has 4 nitrogen and oxygen atoms in total. The lowest BCUT2D eigenvalue weighted by atomic mass is 10.0. The molecule has 2 aromatic carbocycles. The van der Waals surface area contributed by atoms with Gasteiger partial charge < -0.3 is 4.74 Å². The first-order valence-electron chi connectivity index (χ1n) is 8.07. The molecule has 0 aromatic heterocycles. The van der Waals surface area contributed by atoms with Crippen LogP contribution in [0, 0.1) is 13.8 Å². The van der Waals surface area contributed by atoms with Gasteiger partial charge in [-0.15, -0.1) is 0 Å². The van der Waals surface area contributed by atoms with E-state index < -0.39 is 0 Å². The van der Waals surface area contributed by atoms with E-state index in [1.807, 2.05) is 44.2 Å². The van der Waals surface area contributed by atoms with Gasteiger partial charge in [-0.2, -0.15) is 5.10 Å². The van der Waals surface area contributed by atoms with Crippen LogP contribution < -0.4 is 10.2 Å². The number of nitrogens with zero attached hydrogens (tertiary/aromatic N) is 1. The number of hydrogen-bond acceptors (Lipinski definition) is 3. The number of rotatable bonds is 6. The molecule has 1 amide bonds. The molecule has 0 saturated carbocycles. The van der Waals surface area contributed by atoms with E-state index in [2.05, 4.69) is 36.5 Å². The van der Waals surface area contributed by atoms with Gasteiger partial charge in [0.1, 0.15) is 5.75 Å². The van der Waals surface area contributed by atoms with Crippen molar-refractivity contribution in [3.63, 3.8) is 0 Å². The molecule has 0 heterocycles. The summed E-state index contributed by atoms with van der Waals surface area (Å²) in [4.78, 5) is 11.8. The van der Waals surface area contributed by atoms with Gasteiger partial charge in [0, 0.05) is 0 Å². The number of nitrogens with one attached hydrogen (secondary N) is 1. The van der Waals surface area contributed by atoms with Crippen LogP contribution in [0.4, 0.5) is 0 Å². The maximum Gasteiger partial charge on any atom is 0.277 e. The third kappa shape index (κ3) is 5.23. The maximum atomic E-state index is 11.8. The Labute approximate surface area is 143 Å². The van der Waals surface area contributed by atoms with E-state index in [1.165, 1.54) is 11.1 Å². The fourth-order valence-electron chi connectivity index (χ4n) is 2.13. The molecule has 4 heteroatoms. The van der Waals surface area contributed by atoms with Crippen molar-refractivity contribution in [3.8, 4) is 5.75 Å². The molecule has 1 N–H and O–H groups in total. The summed E-state index contributed by atoms with van der Waals surface area (Å²) in [6, 6.07) is 13.8. The molecule has 0 aliphatic rings. The lowest BCUT2D eigenvalue weighted by Crippen LogP contribution is -2.24. The summed E-state index contributed by atoms with van der Waals surface area (Å²) in [6.45, 7) is 8.29. The van der Waals surface area contributed by atoms with E-state index in [9.17, 15) is 4.79 Å². The van der Waals surface area contributed by atoms with Gasteiger partial charge in [0.05, 0.1) is 6.21 Å². The van der Waals surface area contributed by atoms with Gasteiger partial charge in [0.25, 0.3) is 5.91 Å². The average Bonchev–Trinajstić information content (AvgIpc) is 2.56. The number of carbonyl (C=O) groups excluding carboxylic acids is 1. The summed E-state index contributed by atoms with van der Waals surface area (Å²) >= 11 is 0. The fraction of sp³-hybridized carbons (Fsp3) is 0.300. The molecule has 24 heavy (non-hydrogen) atoms. The number of hydrazone groups is 1. The van der Waals surface area contributed by atoms with Crippen LogP contribution in [-0.4, -0.2) is 18.7 Å². The Kier molecular flexibility index (Phi) is 6.13. The molecular formula is C20H24N2O2. The zero-order valence-electron chi connectivity index (χ0n) is 14.7. The van der Waals surface area contributed by atoms with Crippen LogP contribution in [0.3, 0.4) is 0 Å². The third-order valence-corrected chi connectivity index (χ3v) is 3.85. The number of benzene rings is 2. The van der Waals surface area contributed by atoms with Crippen molar-refractivity contribution in [1.29, 1.82) is 0 Å². The molecule has 0 atom stereocenters. The number of ether oxygens (including phenoxy) is 1. The maximum absolute atomic E-state index is 11.8. The van der Waals surface area contributed by atoms with Gasteiger partial charge in [-0.1, -0.05) is 44.2 Å². The van der Waals surface area contributed by atoms with Gasteiger partial charge in [0.2, 0.25) is 0 Å². The molecular weight excluding hydrogens is 300 g/mol. The molecule has 0 saturated heterocycles. The highest BCUT2D eigenvalue weighted by Crippen LogP contribution is 2.16. The molecule has 0 aliphatic carbocycles. The molecule has 126 valence electrons. The quantitative estimate of drug-likeness (QED) is 0.646. The molecule has 0 bridgehead atoms. The highest BCUT2D eigenvalue weighted by molar-refractivity contribution is 5.82. The molecule has 2 rings (SSSR count). The number of aryl methyl sites for hydroxylation is 2. The average molecular weight is 324 g/mol. The van der Waals surface area contributed by atoms with E-state index in [1.54, 1.807) is 6.21 Å². The molecule has 0 fully saturated rings. The van der Waals surface area contributed by atoms with Gasteiger partial charge in [-0.3, -0.25) is 4.79 Å². The van der Waals surface area contributed by atoms with Gasteiger partial charge >= 0.3 is 0 Å². The molecule has 0 unspecified atom stereocenters. The standard InChI is InChI=1S/C20H24N2O2/c1-14(2)18-8-6-17(7-9-18)12-21-22-20(23)13-24-19-10-5-15(3)16(4)11-19/h5-12,14H,13H2,1-4H3,(H,22,23). The minimum absolute atomic E-state index is 0.0634. The van der Waals surface area contributed by atoms with Crippen molar-refractivity contribution in [2.24, 2.45) is 5.10 Å². The monoisotopic (exact) mass is 324 g/mol. The third-order valence-electron chi connectivity index (χ3n) is 3.85. The van der Waals surface area contributed by atoms with Crippen LogP contribution >= 0.6 is 0 Å². The smallest absolute Gasteiger partial charge is 0.277 e. The number of carbonyl (C=O) groups is 1. The highest BCUT2D eigenvalue weighted by Gasteiger charge is 2.03. The number of hydrogen-bond donors (Lipinski definition) is 1. The van der Waals surface area contributed by atoms with Gasteiger partial charge in [-0.05, 0) is 54.2 Å². The summed E-state index contributed by atoms with van der Waals surface area (Å²) in [7, 11) is 0. The van der Waals surface area contributed by atoms with Gasteiger partial charge in [-0.25, -0.2) is 5.43 Å². The molecule has 0 radical (unpaired) electrons. The Bertz CT molecular complexity index is 719. The van der Waals surface area contributed by atoms with Crippen LogP contribution in [0.25, 0.3) is 0 Å². The predicted octanol–water partition coefficient (Wildman–Crippen LogP) is 3.96. The minimum atomic E-state index is -0.289. The minimum Gasteiger partial charge on any atom is -0.484 e. The summed E-state index contributed by atoms with van der Waals surface area (Å²) in [5.41, 5.74) is 7.02. The zero-order valence-corrected chi connectivity index (χ0v) is 14.7. The van der Waals surface area contributed by atoms with Crippen molar-refractivity contribution in [2.75, 3.05) is 6.61 Å². The topological polar surface area (TPSA) is 50.7 Å². The molecule has 0 aliphatic heterocycles. The fourth-order valence-corrected chi connectivity index (χ4v) is 2.13. The molecule has 2 aromatic rings. The summed E-state index contributed by atoms with van der Waals surface area (Å²) in [6.07, 6.45) is 1.62. The first-order valence-corrected chi connectivity index (χ1v) is 8.07.